The SMILES string of the molecule is COc1cc(C)c(N=CC2Cc3ccccc3N2C=O)cc1OCCCC(=O)Nc1cn(C)c(C2=CCC3SC(C(=O)NCCC(=O)ON(C)C(C)=O)=CC3=C2)n1. The maximum atomic E-state index is 12.9. The van der Waals surface area contributed by atoms with E-state index in [4.69, 9.17) is 19.3 Å². The number of para-hydroxylation sites is 1. The second kappa shape index (κ2) is 18.2. The van der Waals surface area contributed by atoms with E-state index in [1.165, 1.54) is 25.7 Å². The van der Waals surface area contributed by atoms with Gasteiger partial charge in [0.15, 0.2) is 17.3 Å². The lowest BCUT2D eigenvalue weighted by atomic mass is 9.98. The molecule has 0 fully saturated rings. The lowest BCUT2D eigenvalue weighted by Gasteiger charge is -2.17. The summed E-state index contributed by atoms with van der Waals surface area (Å²) in [5.74, 6) is 0.628. The van der Waals surface area contributed by atoms with Gasteiger partial charge in [0.05, 0.1) is 36.8 Å². The molecule has 3 heterocycles. The Hall–Kier alpha value is -6.16. The molecule has 2 unspecified atom stereocenters. The van der Waals surface area contributed by atoms with Gasteiger partial charge >= 0.3 is 5.97 Å². The van der Waals surface area contributed by atoms with Gasteiger partial charge in [-0.2, -0.15) is 5.06 Å². The van der Waals surface area contributed by atoms with Gasteiger partial charge < -0.3 is 34.4 Å². The molecular weight excluding hydrogens is 751 g/mol. The highest BCUT2D eigenvalue weighted by molar-refractivity contribution is 8.05. The summed E-state index contributed by atoms with van der Waals surface area (Å²) in [6.45, 7) is 3.54. The van der Waals surface area contributed by atoms with E-state index in [0.29, 0.717) is 53.0 Å². The number of hydrogen-bond donors (Lipinski definition) is 2. The largest absolute Gasteiger partial charge is 0.493 e. The third kappa shape index (κ3) is 9.81. The second-order valence-electron chi connectivity index (χ2n) is 13.7. The van der Waals surface area contributed by atoms with Crippen LogP contribution in [-0.4, -0.2) is 89.5 Å². The number of aryl methyl sites for hydroxylation is 2. The molecule has 0 saturated heterocycles. The number of nitrogens with one attached hydrogen (secondary N) is 2. The van der Waals surface area contributed by atoms with Crippen molar-refractivity contribution in [2.75, 3.05) is 37.5 Å². The van der Waals surface area contributed by atoms with Crippen LogP contribution in [0, 0.1) is 6.92 Å². The van der Waals surface area contributed by atoms with Gasteiger partial charge in [-0.15, -0.1) is 11.8 Å². The number of carbonyl (C=O) groups excluding carboxylic acids is 5. The second-order valence-corrected chi connectivity index (χ2v) is 14.9. The normalized spacial score (nSPS) is 16.9. The molecule has 298 valence electrons. The van der Waals surface area contributed by atoms with Crippen molar-refractivity contribution < 1.29 is 38.3 Å². The molecule has 16 heteroatoms. The van der Waals surface area contributed by atoms with Crippen molar-refractivity contribution in [1.82, 2.24) is 19.9 Å². The lowest BCUT2D eigenvalue weighted by Crippen LogP contribution is -2.31. The molecule has 3 aromatic rings. The number of fused-ring (bicyclic) bond motifs is 2. The average molecular weight is 796 g/mol. The van der Waals surface area contributed by atoms with Crippen molar-refractivity contribution in [3.63, 3.8) is 0 Å². The van der Waals surface area contributed by atoms with Crippen molar-refractivity contribution >= 4 is 70.8 Å². The third-order valence-corrected chi connectivity index (χ3v) is 10.9. The van der Waals surface area contributed by atoms with Gasteiger partial charge in [-0.1, -0.05) is 24.3 Å². The number of amides is 4. The Morgan fingerprint density at radius 3 is 2.70 bits per heavy atom. The van der Waals surface area contributed by atoms with Crippen molar-refractivity contribution in [2.24, 2.45) is 12.0 Å². The summed E-state index contributed by atoms with van der Waals surface area (Å²) in [4.78, 5) is 77.2. The van der Waals surface area contributed by atoms with Gasteiger partial charge in [0.2, 0.25) is 12.3 Å². The topological polar surface area (TPSA) is 174 Å². The van der Waals surface area contributed by atoms with E-state index < -0.39 is 11.9 Å². The minimum atomic E-state index is -0.622. The van der Waals surface area contributed by atoms with E-state index in [0.717, 1.165) is 39.4 Å². The maximum Gasteiger partial charge on any atom is 0.334 e. The number of ether oxygens (including phenoxy) is 2. The van der Waals surface area contributed by atoms with Crippen molar-refractivity contribution in [3.8, 4) is 11.5 Å². The van der Waals surface area contributed by atoms with Gasteiger partial charge in [-0.05, 0) is 60.8 Å². The fourth-order valence-electron chi connectivity index (χ4n) is 6.53. The van der Waals surface area contributed by atoms with E-state index in [-0.39, 0.29) is 49.1 Å². The van der Waals surface area contributed by atoms with E-state index >= 15 is 0 Å². The molecule has 1 aromatic heterocycles. The minimum Gasteiger partial charge on any atom is -0.493 e. The quantitative estimate of drug-likeness (QED) is 0.0925. The molecule has 15 nitrogen and oxygen atoms in total. The molecular formula is C41H45N7O8S. The Bertz CT molecular complexity index is 2190. The predicted molar refractivity (Wildman–Crippen MR) is 217 cm³/mol. The first-order valence-electron chi connectivity index (χ1n) is 18.5. The number of carbonyl (C=O) groups is 5. The fraction of sp³-hybridized carbons (Fsp3) is 0.341. The molecule has 0 bridgehead atoms. The summed E-state index contributed by atoms with van der Waals surface area (Å²) < 4.78 is 13.5. The molecule has 2 aliphatic heterocycles. The van der Waals surface area contributed by atoms with Crippen LogP contribution in [0.5, 0.6) is 11.5 Å². The van der Waals surface area contributed by atoms with Crippen LogP contribution in [0.4, 0.5) is 17.2 Å². The van der Waals surface area contributed by atoms with Gasteiger partial charge in [0.1, 0.15) is 5.82 Å². The Morgan fingerprint density at radius 1 is 1.12 bits per heavy atom. The monoisotopic (exact) mass is 795 g/mol. The summed E-state index contributed by atoms with van der Waals surface area (Å²) in [6, 6.07) is 11.3. The van der Waals surface area contributed by atoms with Crippen LogP contribution in [-0.2, 0) is 42.3 Å². The third-order valence-electron chi connectivity index (χ3n) is 9.58. The molecule has 0 spiro atoms. The molecule has 1 aliphatic carbocycles. The Kier molecular flexibility index (Phi) is 12.9. The Balaban J connectivity index is 0.982. The molecule has 57 heavy (non-hydrogen) atoms. The minimum absolute atomic E-state index is 0.0716. The number of rotatable bonds is 15. The number of imidazole rings is 1. The highest BCUT2D eigenvalue weighted by Gasteiger charge is 2.30. The zero-order valence-electron chi connectivity index (χ0n) is 32.4. The number of aliphatic imine (C=N–C) groups is 1. The van der Waals surface area contributed by atoms with Gasteiger partial charge in [0, 0.05) is 75.4 Å². The van der Waals surface area contributed by atoms with Gasteiger partial charge in [-0.25, -0.2) is 9.78 Å². The number of benzene rings is 2. The first-order valence-corrected chi connectivity index (χ1v) is 19.4. The number of allylic oxidation sites excluding steroid dienone is 4. The molecule has 4 amide bonds. The molecule has 2 aromatic carbocycles. The van der Waals surface area contributed by atoms with Crippen molar-refractivity contribution in [1.29, 1.82) is 0 Å². The first-order chi connectivity index (χ1) is 27.4. The van der Waals surface area contributed by atoms with Crippen LogP contribution in [0.25, 0.3) is 5.57 Å². The number of thioether (sulfide) groups is 1. The van der Waals surface area contributed by atoms with Gasteiger partial charge in [0.25, 0.3) is 11.8 Å². The fourth-order valence-corrected chi connectivity index (χ4v) is 7.69. The average Bonchev–Trinajstić information content (AvgIpc) is 3.89. The molecule has 0 radical (unpaired) electrons. The Morgan fingerprint density at radius 2 is 1.93 bits per heavy atom. The van der Waals surface area contributed by atoms with Crippen LogP contribution in [0.1, 0.15) is 49.6 Å². The number of hydrogen-bond acceptors (Lipinski definition) is 11. The molecule has 2 N–H and O–H groups in total. The predicted octanol–water partition coefficient (Wildman–Crippen LogP) is 4.98. The van der Waals surface area contributed by atoms with E-state index in [1.54, 1.807) is 30.5 Å². The zero-order chi connectivity index (χ0) is 40.6. The van der Waals surface area contributed by atoms with Crippen LogP contribution >= 0.6 is 11.8 Å². The lowest BCUT2D eigenvalue weighted by molar-refractivity contribution is -0.191. The van der Waals surface area contributed by atoms with E-state index in [2.05, 4.69) is 21.7 Å². The zero-order valence-corrected chi connectivity index (χ0v) is 33.3. The highest BCUT2D eigenvalue weighted by Crippen LogP contribution is 2.42. The maximum absolute atomic E-state index is 12.9. The molecule has 3 aliphatic rings. The van der Waals surface area contributed by atoms with Crippen molar-refractivity contribution in [3.05, 3.63) is 88.3 Å². The highest BCUT2D eigenvalue weighted by atomic mass is 32.2. The summed E-state index contributed by atoms with van der Waals surface area (Å²) in [6.07, 6.45) is 12.2. The number of nitrogens with zero attached hydrogens (tertiary/aromatic N) is 5. The summed E-state index contributed by atoms with van der Waals surface area (Å²) in [5, 5.41) is 6.54. The van der Waals surface area contributed by atoms with E-state index in [1.807, 2.05) is 61.0 Å². The smallest absolute Gasteiger partial charge is 0.334 e. The number of anilines is 2. The van der Waals surface area contributed by atoms with Crippen molar-refractivity contribution in [2.45, 2.75) is 57.2 Å². The standard InChI is InChI=1S/C41H45N7O8S/c1-25-17-33(54-5)34(21-31(25)43-22-30-19-27-9-6-7-10-32(27)48(30)24-49)55-16-8-11-38(51)44-37-23-46(3)40(45-37)28-12-13-35-29(18-28)20-36(57-35)41(53)42-15-14-39(52)56-47(4)26(2)50/h6-7,9-10,12,17-18,20-24,30,35H,8,11,13-16,19H2,1-5H3,(H,42,53)(H,44,51). The Labute approximate surface area is 334 Å². The molecule has 6 rings (SSSR count). The van der Waals surface area contributed by atoms with Crippen LogP contribution in [0.2, 0.25) is 0 Å². The first kappa shape index (κ1) is 40.5. The van der Waals surface area contributed by atoms with Crippen LogP contribution < -0.4 is 25.0 Å². The van der Waals surface area contributed by atoms with Gasteiger partial charge in [-0.3, -0.25) is 24.2 Å². The van der Waals surface area contributed by atoms with Crippen LogP contribution in [0.15, 0.2) is 76.3 Å². The van der Waals surface area contributed by atoms with E-state index in [9.17, 15) is 24.0 Å². The summed E-state index contributed by atoms with van der Waals surface area (Å²) >= 11 is 1.46. The molecule has 2 atom stereocenters. The number of hydroxylamine groups is 2. The number of methoxy groups -OCH3 is 1. The summed E-state index contributed by atoms with van der Waals surface area (Å²) in [7, 11) is 4.77. The molecule has 0 saturated carbocycles. The van der Waals surface area contributed by atoms with Crippen LogP contribution in [0.3, 0.4) is 0 Å². The summed E-state index contributed by atoms with van der Waals surface area (Å²) in [5.41, 5.74) is 5.42. The number of aromatic nitrogens is 2.